The van der Waals surface area contributed by atoms with E-state index in [0.29, 0.717) is 0 Å². The van der Waals surface area contributed by atoms with Crippen molar-refractivity contribution in [2.24, 2.45) is 0 Å². The van der Waals surface area contributed by atoms with Crippen LogP contribution in [-0.2, 0) is 38.1 Å². The number of ether oxygens (including phenoxy) is 6. The van der Waals surface area contributed by atoms with Crippen LogP contribution in [0.2, 0.25) is 0 Å². The number of hydrogen-bond donors (Lipinski definition) is 0. The monoisotopic (exact) mass is 564 g/mol. The van der Waals surface area contributed by atoms with E-state index < -0.39 is 60.5 Å². The minimum absolute atomic E-state index is 0.0565. The highest BCUT2D eigenvalue weighted by Gasteiger charge is 2.11. The fourth-order valence-corrected chi connectivity index (χ4v) is 2.70. The van der Waals surface area contributed by atoms with Gasteiger partial charge in [0.25, 0.3) is 11.4 Å². The maximum absolute atomic E-state index is 11.7. The maximum Gasteiger partial charge on any atom is 0.347 e. The predicted octanol–water partition coefficient (Wildman–Crippen LogP) is 2.61. The Hall–Kier alpha value is -5.28. The number of carbonyl (C=O) groups is 4. The minimum Gasteiger partial charge on any atom is -0.482 e. The molecule has 16 nitrogen and oxygen atoms in total. The number of benzene rings is 2. The Kier molecular flexibility index (Phi) is 12.8. The summed E-state index contributed by atoms with van der Waals surface area (Å²) >= 11 is 0. The van der Waals surface area contributed by atoms with Crippen molar-refractivity contribution in [1.82, 2.24) is 0 Å². The zero-order valence-electron chi connectivity index (χ0n) is 20.9. The molecular formula is C24H24N2O14. The molecule has 0 spiro atoms. The summed E-state index contributed by atoms with van der Waals surface area (Å²) in [7, 11) is 0. The van der Waals surface area contributed by atoms with Gasteiger partial charge in [-0.15, -0.1) is 0 Å². The summed E-state index contributed by atoms with van der Waals surface area (Å²) in [5.74, 6) is -2.56. The van der Waals surface area contributed by atoms with E-state index in [1.807, 2.05) is 0 Å². The van der Waals surface area contributed by atoms with E-state index in [2.05, 4.69) is 0 Å². The molecule has 0 atom stereocenters. The largest absolute Gasteiger partial charge is 0.482 e. The average molecular weight is 564 g/mol. The summed E-state index contributed by atoms with van der Waals surface area (Å²) < 4.78 is 29.1. The van der Waals surface area contributed by atoms with Gasteiger partial charge in [0.1, 0.15) is 11.5 Å². The number of nitrogens with zero attached hydrogens (tertiary/aromatic N) is 2. The lowest BCUT2D eigenvalue weighted by Gasteiger charge is -2.08. The van der Waals surface area contributed by atoms with Crippen molar-refractivity contribution in [2.45, 2.75) is 25.7 Å². The first-order valence-electron chi connectivity index (χ1n) is 11.5. The van der Waals surface area contributed by atoms with E-state index in [1.54, 1.807) is 0 Å². The standard InChI is InChI=1S/C24H24N2O14/c27-21(37-15-39-23(29)13-35-19-9-5-17(6-10-19)25(31)32)3-1-2-4-22(28)38-16-40-24(30)14-36-20-11-7-18(8-12-20)26(33)34/h5-12H,1-4,13-16H2. The molecule has 16 heteroatoms. The average Bonchev–Trinajstić information content (AvgIpc) is 2.93. The maximum atomic E-state index is 11.7. The number of carbonyl (C=O) groups excluding carboxylic acids is 4. The van der Waals surface area contributed by atoms with Gasteiger partial charge in [-0.05, 0) is 37.1 Å². The van der Waals surface area contributed by atoms with Crippen molar-refractivity contribution >= 4 is 35.3 Å². The van der Waals surface area contributed by atoms with Gasteiger partial charge in [0.2, 0.25) is 13.6 Å². The molecule has 0 aliphatic heterocycles. The minimum atomic E-state index is -0.826. The molecular weight excluding hydrogens is 540 g/mol. The third-order valence-electron chi connectivity index (χ3n) is 4.70. The second-order valence-corrected chi connectivity index (χ2v) is 7.59. The van der Waals surface area contributed by atoms with Crippen LogP contribution in [-0.4, -0.2) is 60.5 Å². The summed E-state index contributed by atoms with van der Waals surface area (Å²) in [6, 6.07) is 10.1. The molecule has 0 aromatic heterocycles. The van der Waals surface area contributed by atoms with Gasteiger partial charge in [0, 0.05) is 37.1 Å². The lowest BCUT2D eigenvalue weighted by molar-refractivity contribution is -0.385. The van der Waals surface area contributed by atoms with Gasteiger partial charge in [0.15, 0.2) is 13.2 Å². The molecule has 0 N–H and O–H groups in total. The van der Waals surface area contributed by atoms with E-state index in [1.165, 1.54) is 48.5 Å². The van der Waals surface area contributed by atoms with Crippen LogP contribution >= 0.6 is 0 Å². The lowest BCUT2D eigenvalue weighted by atomic mass is 10.2. The van der Waals surface area contributed by atoms with Crippen LogP contribution in [0.1, 0.15) is 25.7 Å². The van der Waals surface area contributed by atoms with Crippen molar-refractivity contribution in [3.8, 4) is 11.5 Å². The van der Waals surface area contributed by atoms with Gasteiger partial charge in [-0.25, -0.2) is 9.59 Å². The molecule has 40 heavy (non-hydrogen) atoms. The number of nitro groups is 2. The Balaban J connectivity index is 1.46. The molecule has 0 amide bonds. The highest BCUT2D eigenvalue weighted by Crippen LogP contribution is 2.18. The fourth-order valence-electron chi connectivity index (χ4n) is 2.70. The van der Waals surface area contributed by atoms with Crippen molar-refractivity contribution in [3.63, 3.8) is 0 Å². The number of nitro benzene ring substituents is 2. The summed E-state index contributed by atoms with van der Waals surface area (Å²) in [4.78, 5) is 66.6. The molecule has 214 valence electrons. The molecule has 0 bridgehead atoms. The fraction of sp³-hybridized carbons (Fsp3) is 0.333. The molecule has 0 unspecified atom stereocenters. The molecule has 0 aliphatic carbocycles. The quantitative estimate of drug-likeness (QED) is 0.0889. The molecule has 0 radical (unpaired) electrons. The van der Waals surface area contributed by atoms with E-state index in [4.69, 9.17) is 28.4 Å². The van der Waals surface area contributed by atoms with Crippen LogP contribution in [0.5, 0.6) is 11.5 Å². The highest BCUT2D eigenvalue weighted by molar-refractivity contribution is 5.73. The van der Waals surface area contributed by atoms with Gasteiger partial charge < -0.3 is 28.4 Å². The summed E-state index contributed by atoms with van der Waals surface area (Å²) in [5, 5.41) is 21.2. The molecule has 0 aliphatic rings. The normalized spacial score (nSPS) is 10.1. The number of unbranched alkanes of at least 4 members (excludes halogenated alkanes) is 1. The third kappa shape index (κ3) is 12.3. The molecule has 2 aromatic rings. The summed E-state index contributed by atoms with van der Waals surface area (Å²) in [6.07, 6.45) is 0.431. The Morgan fingerprint density at radius 1 is 0.550 bits per heavy atom. The zero-order valence-corrected chi connectivity index (χ0v) is 20.9. The van der Waals surface area contributed by atoms with Gasteiger partial charge >= 0.3 is 23.9 Å². The number of rotatable bonds is 17. The van der Waals surface area contributed by atoms with Crippen molar-refractivity contribution < 1.29 is 57.4 Å². The van der Waals surface area contributed by atoms with E-state index >= 15 is 0 Å². The molecule has 0 saturated heterocycles. The Labute approximate surface area is 226 Å². The van der Waals surface area contributed by atoms with Gasteiger partial charge in [-0.2, -0.15) is 0 Å². The molecule has 2 rings (SSSR count). The highest BCUT2D eigenvalue weighted by atomic mass is 16.7. The Morgan fingerprint density at radius 2 is 0.875 bits per heavy atom. The van der Waals surface area contributed by atoms with Crippen LogP contribution in [0, 0.1) is 20.2 Å². The van der Waals surface area contributed by atoms with E-state index in [0.717, 1.165) is 0 Å². The topological polar surface area (TPSA) is 210 Å². The summed E-state index contributed by atoms with van der Waals surface area (Å²) in [6.45, 7) is -2.27. The van der Waals surface area contributed by atoms with Crippen LogP contribution in [0.25, 0.3) is 0 Å². The third-order valence-corrected chi connectivity index (χ3v) is 4.70. The van der Waals surface area contributed by atoms with Crippen LogP contribution in [0.4, 0.5) is 11.4 Å². The van der Waals surface area contributed by atoms with Crippen molar-refractivity contribution in [1.29, 1.82) is 0 Å². The zero-order chi connectivity index (χ0) is 29.3. The summed E-state index contributed by atoms with van der Waals surface area (Å²) in [5.41, 5.74) is -0.268. The van der Waals surface area contributed by atoms with Crippen LogP contribution in [0.15, 0.2) is 48.5 Å². The van der Waals surface area contributed by atoms with E-state index in [9.17, 15) is 39.4 Å². The lowest BCUT2D eigenvalue weighted by Crippen LogP contribution is -2.18. The second kappa shape index (κ2) is 16.5. The molecule has 0 fully saturated rings. The smallest absolute Gasteiger partial charge is 0.347 e. The molecule has 2 aromatic carbocycles. The van der Waals surface area contributed by atoms with Crippen LogP contribution in [0.3, 0.4) is 0 Å². The van der Waals surface area contributed by atoms with Gasteiger partial charge in [-0.1, -0.05) is 0 Å². The first kappa shape index (κ1) is 30.9. The van der Waals surface area contributed by atoms with Crippen molar-refractivity contribution in [3.05, 3.63) is 68.8 Å². The van der Waals surface area contributed by atoms with Gasteiger partial charge in [0.05, 0.1) is 9.85 Å². The number of hydrogen-bond acceptors (Lipinski definition) is 14. The van der Waals surface area contributed by atoms with Crippen molar-refractivity contribution in [2.75, 3.05) is 26.8 Å². The molecule has 0 heterocycles. The Bertz CT molecular complexity index is 1090. The first-order valence-corrected chi connectivity index (χ1v) is 11.5. The molecule has 0 saturated carbocycles. The van der Waals surface area contributed by atoms with Gasteiger partial charge in [-0.3, -0.25) is 29.8 Å². The predicted molar refractivity (Wildman–Crippen MR) is 130 cm³/mol. The SMILES string of the molecule is O=C(CCCCC(=O)OCOC(=O)COc1ccc([N+](=O)[O-])cc1)OCOC(=O)COc1ccc([N+](=O)[O-])cc1. The number of non-ortho nitro benzene ring substituents is 2. The second-order valence-electron chi connectivity index (χ2n) is 7.59. The number of esters is 4. The van der Waals surface area contributed by atoms with Crippen LogP contribution < -0.4 is 9.47 Å². The first-order chi connectivity index (χ1) is 19.1. The Morgan fingerprint density at radius 3 is 1.20 bits per heavy atom. The van der Waals surface area contributed by atoms with E-state index in [-0.39, 0.29) is 48.6 Å².